The summed E-state index contributed by atoms with van der Waals surface area (Å²) in [6, 6.07) is 8.28. The summed E-state index contributed by atoms with van der Waals surface area (Å²) < 4.78 is 2.07. The Hall–Kier alpha value is -1.69. The van der Waals surface area contributed by atoms with E-state index in [0.717, 1.165) is 6.42 Å². The number of fused-ring (bicyclic) bond motifs is 1. The third kappa shape index (κ3) is 1.82. The lowest BCUT2D eigenvalue weighted by Crippen LogP contribution is -2.22. The minimum Gasteiger partial charge on any atom is -0.358 e. The molecule has 1 aliphatic carbocycles. The van der Waals surface area contributed by atoms with Gasteiger partial charge in [0, 0.05) is 5.92 Å². The molecule has 0 spiro atoms. The van der Waals surface area contributed by atoms with Crippen molar-refractivity contribution in [2.75, 3.05) is 0 Å². The van der Waals surface area contributed by atoms with Gasteiger partial charge in [-0.1, -0.05) is 24.3 Å². The largest absolute Gasteiger partial charge is 0.404 e. The number of nitro groups is 1. The first-order valence-electron chi connectivity index (χ1n) is 5.60. The maximum Gasteiger partial charge on any atom is 0.404 e. The zero-order valence-electron chi connectivity index (χ0n) is 9.41. The van der Waals surface area contributed by atoms with E-state index in [4.69, 9.17) is 0 Å². The SMILES string of the molecule is O=[N+]([O-])c1nn(CC2Cc3ccccc32)cc1Br. The van der Waals surface area contributed by atoms with E-state index < -0.39 is 4.92 Å². The smallest absolute Gasteiger partial charge is 0.358 e. The fourth-order valence-corrected chi connectivity index (χ4v) is 2.82. The van der Waals surface area contributed by atoms with Gasteiger partial charge in [0.25, 0.3) is 0 Å². The number of halogens is 1. The predicted octanol–water partition coefficient (Wildman–Crippen LogP) is 2.89. The average Bonchev–Trinajstić information content (AvgIpc) is 2.67. The summed E-state index contributed by atoms with van der Waals surface area (Å²) in [6.07, 6.45) is 2.68. The molecule has 0 amide bonds. The molecular formula is C12H10BrN3O2. The van der Waals surface area contributed by atoms with Crippen LogP contribution in [0.5, 0.6) is 0 Å². The molecule has 1 heterocycles. The minimum absolute atomic E-state index is 0.123. The molecule has 1 unspecified atom stereocenters. The van der Waals surface area contributed by atoms with Crippen LogP contribution in [0.3, 0.4) is 0 Å². The molecule has 0 N–H and O–H groups in total. The lowest BCUT2D eigenvalue weighted by Gasteiger charge is -2.29. The molecule has 92 valence electrons. The predicted molar refractivity (Wildman–Crippen MR) is 69.5 cm³/mol. The Labute approximate surface area is 112 Å². The van der Waals surface area contributed by atoms with Gasteiger partial charge in [-0.15, -0.1) is 0 Å². The van der Waals surface area contributed by atoms with Crippen molar-refractivity contribution in [3.05, 3.63) is 56.2 Å². The van der Waals surface area contributed by atoms with E-state index in [1.54, 1.807) is 10.9 Å². The van der Waals surface area contributed by atoms with Gasteiger partial charge in [0.1, 0.15) is 4.47 Å². The van der Waals surface area contributed by atoms with Gasteiger partial charge < -0.3 is 10.1 Å². The van der Waals surface area contributed by atoms with Crippen molar-refractivity contribution in [2.45, 2.75) is 18.9 Å². The Morgan fingerprint density at radius 3 is 2.94 bits per heavy atom. The van der Waals surface area contributed by atoms with Crippen LogP contribution in [-0.2, 0) is 13.0 Å². The minimum atomic E-state index is -0.477. The van der Waals surface area contributed by atoms with E-state index in [1.807, 2.05) is 12.1 Å². The Morgan fingerprint density at radius 2 is 2.28 bits per heavy atom. The fourth-order valence-electron chi connectivity index (χ4n) is 2.36. The first-order chi connectivity index (χ1) is 8.65. The third-order valence-corrected chi connectivity index (χ3v) is 3.80. The molecule has 6 heteroatoms. The summed E-state index contributed by atoms with van der Waals surface area (Å²) in [5.41, 5.74) is 2.69. The fraction of sp³-hybridized carbons (Fsp3) is 0.250. The van der Waals surface area contributed by atoms with Gasteiger partial charge in [0.15, 0.2) is 0 Å². The van der Waals surface area contributed by atoms with Gasteiger partial charge in [-0.3, -0.25) is 0 Å². The zero-order valence-corrected chi connectivity index (χ0v) is 11.0. The third-order valence-electron chi connectivity index (χ3n) is 3.24. The molecule has 3 rings (SSSR count). The molecule has 2 aromatic rings. The summed E-state index contributed by atoms with van der Waals surface area (Å²) >= 11 is 3.15. The van der Waals surface area contributed by atoms with Gasteiger partial charge >= 0.3 is 5.82 Å². The summed E-state index contributed by atoms with van der Waals surface area (Å²) in [5.74, 6) is 0.287. The first kappa shape index (κ1) is 11.4. The zero-order chi connectivity index (χ0) is 12.7. The van der Waals surface area contributed by atoms with E-state index in [-0.39, 0.29) is 5.82 Å². The molecular weight excluding hydrogens is 298 g/mol. The van der Waals surface area contributed by atoms with Crippen molar-refractivity contribution in [3.8, 4) is 0 Å². The molecule has 5 nitrogen and oxygen atoms in total. The standard InChI is InChI=1S/C12H10BrN3O2/c13-11-7-15(14-12(11)16(17)18)6-9-5-8-3-1-2-4-10(8)9/h1-4,7,9H,5-6H2. The molecule has 1 aromatic heterocycles. The van der Waals surface area contributed by atoms with E-state index in [2.05, 4.69) is 33.2 Å². The van der Waals surface area contributed by atoms with Crippen molar-refractivity contribution in [1.82, 2.24) is 9.78 Å². The number of nitrogens with zero attached hydrogens (tertiary/aromatic N) is 3. The maximum atomic E-state index is 10.7. The van der Waals surface area contributed by atoms with Gasteiger partial charge in [0.2, 0.25) is 0 Å². The molecule has 1 aromatic carbocycles. The lowest BCUT2D eigenvalue weighted by molar-refractivity contribution is -0.390. The normalized spacial score (nSPS) is 17.1. The molecule has 0 fully saturated rings. The maximum absolute atomic E-state index is 10.7. The van der Waals surface area contributed by atoms with Crippen molar-refractivity contribution >= 4 is 21.7 Å². The summed E-state index contributed by atoms with van der Waals surface area (Å²) in [4.78, 5) is 10.2. The molecule has 0 radical (unpaired) electrons. The molecule has 0 aliphatic heterocycles. The quantitative estimate of drug-likeness (QED) is 0.647. The number of hydrogen-bond acceptors (Lipinski definition) is 3. The van der Waals surface area contributed by atoms with E-state index in [0.29, 0.717) is 16.9 Å². The second-order valence-electron chi connectivity index (χ2n) is 4.38. The highest BCUT2D eigenvalue weighted by Gasteiger charge is 2.28. The van der Waals surface area contributed by atoms with Crippen LogP contribution in [0.25, 0.3) is 0 Å². The Kier molecular flexibility index (Phi) is 2.66. The second kappa shape index (κ2) is 4.20. The Morgan fingerprint density at radius 1 is 1.50 bits per heavy atom. The number of rotatable bonds is 3. The van der Waals surface area contributed by atoms with E-state index in [1.165, 1.54) is 11.1 Å². The van der Waals surface area contributed by atoms with Crippen LogP contribution in [0.15, 0.2) is 34.9 Å². The van der Waals surface area contributed by atoms with E-state index >= 15 is 0 Å². The van der Waals surface area contributed by atoms with Crippen molar-refractivity contribution < 1.29 is 4.92 Å². The molecule has 1 atom stereocenters. The highest BCUT2D eigenvalue weighted by Crippen LogP contribution is 2.36. The van der Waals surface area contributed by atoms with Gasteiger partial charge in [-0.25, -0.2) is 0 Å². The molecule has 0 saturated heterocycles. The van der Waals surface area contributed by atoms with Crippen LogP contribution >= 0.6 is 15.9 Å². The molecule has 18 heavy (non-hydrogen) atoms. The van der Waals surface area contributed by atoms with Gasteiger partial charge in [0.05, 0.1) is 17.8 Å². The summed E-state index contributed by atoms with van der Waals surface area (Å²) in [6.45, 7) is 0.684. The van der Waals surface area contributed by atoms with Crippen molar-refractivity contribution in [3.63, 3.8) is 0 Å². The summed E-state index contributed by atoms with van der Waals surface area (Å²) in [7, 11) is 0. The molecule has 0 saturated carbocycles. The van der Waals surface area contributed by atoms with Crippen molar-refractivity contribution in [1.29, 1.82) is 0 Å². The average molecular weight is 308 g/mol. The van der Waals surface area contributed by atoms with Crippen LogP contribution < -0.4 is 0 Å². The van der Waals surface area contributed by atoms with Crippen molar-refractivity contribution in [2.24, 2.45) is 0 Å². The highest BCUT2D eigenvalue weighted by atomic mass is 79.9. The van der Waals surface area contributed by atoms with Crippen LogP contribution in [0.1, 0.15) is 17.0 Å². The highest BCUT2D eigenvalue weighted by molar-refractivity contribution is 9.10. The Balaban J connectivity index is 1.79. The molecule has 0 bridgehead atoms. The van der Waals surface area contributed by atoms with Crippen LogP contribution in [0.2, 0.25) is 0 Å². The van der Waals surface area contributed by atoms with Crippen LogP contribution in [0.4, 0.5) is 5.82 Å². The van der Waals surface area contributed by atoms with Gasteiger partial charge in [-0.2, -0.15) is 4.68 Å². The number of aromatic nitrogens is 2. The molecule has 1 aliphatic rings. The monoisotopic (exact) mass is 307 g/mol. The lowest BCUT2D eigenvalue weighted by atomic mass is 9.78. The second-order valence-corrected chi connectivity index (χ2v) is 5.23. The number of benzene rings is 1. The summed E-state index contributed by atoms with van der Waals surface area (Å²) in [5, 5.41) is 14.7. The van der Waals surface area contributed by atoms with Crippen LogP contribution in [-0.4, -0.2) is 14.7 Å². The number of hydrogen-bond donors (Lipinski definition) is 0. The first-order valence-corrected chi connectivity index (χ1v) is 6.39. The Bertz CT molecular complexity index is 624. The topological polar surface area (TPSA) is 61.0 Å². The van der Waals surface area contributed by atoms with E-state index in [9.17, 15) is 10.1 Å². The van der Waals surface area contributed by atoms with Gasteiger partial charge in [-0.05, 0) is 38.4 Å². The van der Waals surface area contributed by atoms with Crippen LogP contribution in [0, 0.1) is 10.1 Å².